The van der Waals surface area contributed by atoms with Crippen LogP contribution >= 0.6 is 0 Å². The number of methoxy groups -OCH3 is 2. The summed E-state index contributed by atoms with van der Waals surface area (Å²) in [7, 11) is -0.900. The van der Waals surface area contributed by atoms with Crippen LogP contribution in [0.2, 0.25) is 0 Å². The van der Waals surface area contributed by atoms with Crippen molar-refractivity contribution >= 4 is 10.0 Å². The largest absolute Gasteiger partial charge is 0.497 e. The lowest BCUT2D eigenvalue weighted by atomic mass is 10.3. The standard InChI is InChI=1S/C18H19N3O4S/c1-24-16-8-9-17(25-2)18(12-16)26(22,23)19-13-14-10-11-21(20-14)15-6-4-3-5-7-15/h3-12,19H,13H2,1-2H3. The van der Waals surface area contributed by atoms with Crippen molar-refractivity contribution in [1.82, 2.24) is 14.5 Å². The van der Waals surface area contributed by atoms with Gasteiger partial charge in [-0.1, -0.05) is 18.2 Å². The van der Waals surface area contributed by atoms with Gasteiger partial charge in [-0.2, -0.15) is 5.10 Å². The maximum absolute atomic E-state index is 12.6. The second-order valence-corrected chi connectivity index (χ2v) is 7.16. The molecular formula is C18H19N3O4S. The summed E-state index contributed by atoms with van der Waals surface area (Å²) < 4.78 is 39.8. The molecule has 2 aromatic carbocycles. The predicted molar refractivity (Wildman–Crippen MR) is 97.1 cm³/mol. The highest BCUT2D eigenvalue weighted by molar-refractivity contribution is 7.89. The van der Waals surface area contributed by atoms with Crippen molar-refractivity contribution < 1.29 is 17.9 Å². The van der Waals surface area contributed by atoms with Crippen LogP contribution in [0.3, 0.4) is 0 Å². The molecular weight excluding hydrogens is 354 g/mol. The molecule has 3 aromatic rings. The quantitative estimate of drug-likeness (QED) is 0.687. The van der Waals surface area contributed by atoms with E-state index < -0.39 is 10.0 Å². The Morgan fingerprint density at radius 3 is 2.50 bits per heavy atom. The number of sulfonamides is 1. The van der Waals surface area contributed by atoms with Crippen molar-refractivity contribution in [3.63, 3.8) is 0 Å². The van der Waals surface area contributed by atoms with Gasteiger partial charge in [0.15, 0.2) is 0 Å². The first kappa shape index (κ1) is 18.0. The summed E-state index contributed by atoms with van der Waals surface area (Å²) in [5.74, 6) is 0.674. The van der Waals surface area contributed by atoms with Crippen molar-refractivity contribution in [1.29, 1.82) is 0 Å². The van der Waals surface area contributed by atoms with Crippen molar-refractivity contribution in [2.45, 2.75) is 11.4 Å². The topological polar surface area (TPSA) is 82.5 Å². The molecule has 1 N–H and O–H groups in total. The number of aromatic nitrogens is 2. The lowest BCUT2D eigenvalue weighted by Crippen LogP contribution is -2.24. The van der Waals surface area contributed by atoms with Gasteiger partial charge < -0.3 is 9.47 Å². The van der Waals surface area contributed by atoms with Crippen LogP contribution in [0, 0.1) is 0 Å². The zero-order chi connectivity index (χ0) is 18.6. The number of nitrogens with one attached hydrogen (secondary N) is 1. The summed E-state index contributed by atoms with van der Waals surface area (Å²) in [6.45, 7) is 0.0581. The molecule has 0 radical (unpaired) electrons. The normalized spacial score (nSPS) is 11.3. The molecule has 0 saturated carbocycles. The van der Waals surface area contributed by atoms with E-state index in [9.17, 15) is 8.42 Å². The van der Waals surface area contributed by atoms with E-state index in [0.717, 1.165) is 5.69 Å². The minimum atomic E-state index is -3.79. The highest BCUT2D eigenvalue weighted by atomic mass is 32.2. The maximum atomic E-state index is 12.6. The van der Waals surface area contributed by atoms with Crippen molar-refractivity contribution in [2.24, 2.45) is 0 Å². The zero-order valence-electron chi connectivity index (χ0n) is 14.4. The number of rotatable bonds is 7. The van der Waals surface area contributed by atoms with Crippen molar-refractivity contribution in [3.05, 3.63) is 66.5 Å². The number of hydrogen-bond donors (Lipinski definition) is 1. The van der Waals surface area contributed by atoms with E-state index in [0.29, 0.717) is 11.4 Å². The van der Waals surface area contributed by atoms with Gasteiger partial charge in [-0.3, -0.25) is 0 Å². The summed E-state index contributed by atoms with van der Waals surface area (Å²) in [5, 5.41) is 4.39. The fourth-order valence-electron chi connectivity index (χ4n) is 2.42. The monoisotopic (exact) mass is 373 g/mol. The van der Waals surface area contributed by atoms with Crippen molar-refractivity contribution in [3.8, 4) is 17.2 Å². The van der Waals surface area contributed by atoms with Crippen molar-refractivity contribution in [2.75, 3.05) is 14.2 Å². The van der Waals surface area contributed by atoms with Gasteiger partial charge in [-0.15, -0.1) is 0 Å². The van der Waals surface area contributed by atoms with Gasteiger partial charge in [-0.25, -0.2) is 17.8 Å². The molecule has 0 amide bonds. The van der Waals surface area contributed by atoms with E-state index in [-0.39, 0.29) is 17.2 Å². The van der Waals surface area contributed by atoms with Gasteiger partial charge in [0, 0.05) is 12.3 Å². The van der Waals surface area contributed by atoms with Gasteiger partial charge in [-0.05, 0) is 30.3 Å². The van der Waals surface area contributed by atoms with E-state index in [1.165, 1.54) is 20.3 Å². The smallest absolute Gasteiger partial charge is 0.244 e. The third-order valence-corrected chi connectivity index (χ3v) is 5.19. The molecule has 0 unspecified atom stereocenters. The van der Waals surface area contributed by atoms with E-state index in [4.69, 9.17) is 9.47 Å². The molecule has 3 rings (SSSR count). The molecule has 0 aliphatic heterocycles. The van der Waals surface area contributed by atoms with Crippen LogP contribution in [-0.2, 0) is 16.6 Å². The highest BCUT2D eigenvalue weighted by Gasteiger charge is 2.20. The van der Waals surface area contributed by atoms with Crippen LogP contribution in [0.5, 0.6) is 11.5 Å². The fraction of sp³-hybridized carbons (Fsp3) is 0.167. The average molecular weight is 373 g/mol. The Hall–Kier alpha value is -2.84. The molecule has 8 heteroatoms. The van der Waals surface area contributed by atoms with E-state index in [2.05, 4.69) is 9.82 Å². The highest BCUT2D eigenvalue weighted by Crippen LogP contribution is 2.28. The summed E-state index contributed by atoms with van der Waals surface area (Å²) in [6.07, 6.45) is 1.78. The molecule has 1 aromatic heterocycles. The van der Waals surface area contributed by atoms with E-state index in [1.54, 1.807) is 29.1 Å². The molecule has 0 bridgehead atoms. The molecule has 0 aliphatic carbocycles. The third kappa shape index (κ3) is 3.87. The number of ether oxygens (including phenoxy) is 2. The number of nitrogens with zero attached hydrogens (tertiary/aromatic N) is 2. The molecule has 0 aliphatic rings. The molecule has 0 spiro atoms. The second kappa shape index (κ2) is 7.59. The second-order valence-electron chi connectivity index (χ2n) is 5.43. The summed E-state index contributed by atoms with van der Waals surface area (Å²) >= 11 is 0. The SMILES string of the molecule is COc1ccc(OC)c(S(=O)(=O)NCc2ccn(-c3ccccc3)n2)c1. The lowest BCUT2D eigenvalue weighted by Gasteiger charge is -2.11. The molecule has 136 valence electrons. The first-order valence-electron chi connectivity index (χ1n) is 7.85. The summed E-state index contributed by atoms with van der Waals surface area (Å²) in [5.41, 5.74) is 1.50. The lowest BCUT2D eigenvalue weighted by molar-refractivity contribution is 0.392. The number of hydrogen-bond acceptors (Lipinski definition) is 5. The Balaban J connectivity index is 1.78. The average Bonchev–Trinajstić information content (AvgIpc) is 3.16. The first-order valence-corrected chi connectivity index (χ1v) is 9.33. The van der Waals surface area contributed by atoms with E-state index in [1.807, 2.05) is 30.3 Å². The summed E-state index contributed by atoms with van der Waals surface area (Å²) in [6, 6.07) is 16.0. The Labute approximate surface area is 152 Å². The van der Waals surface area contributed by atoms with Crippen LogP contribution in [0.1, 0.15) is 5.69 Å². The predicted octanol–water partition coefficient (Wildman–Crippen LogP) is 2.37. The molecule has 26 heavy (non-hydrogen) atoms. The molecule has 1 heterocycles. The fourth-order valence-corrected chi connectivity index (χ4v) is 3.60. The minimum absolute atomic E-state index is 0.0156. The Bertz CT molecular complexity index is 985. The van der Waals surface area contributed by atoms with Crippen LogP contribution < -0.4 is 14.2 Å². The maximum Gasteiger partial charge on any atom is 0.244 e. The van der Waals surface area contributed by atoms with Gasteiger partial charge in [0.2, 0.25) is 10.0 Å². The van der Waals surface area contributed by atoms with Gasteiger partial charge in [0.05, 0.1) is 32.1 Å². The Morgan fingerprint density at radius 1 is 1.04 bits per heavy atom. The zero-order valence-corrected chi connectivity index (χ0v) is 15.2. The summed E-state index contributed by atoms with van der Waals surface area (Å²) in [4.78, 5) is 0.0156. The molecule has 0 saturated heterocycles. The van der Waals surface area contributed by atoms with Crippen LogP contribution in [-0.4, -0.2) is 32.4 Å². The van der Waals surface area contributed by atoms with Gasteiger partial charge in [0.1, 0.15) is 16.4 Å². The molecule has 7 nitrogen and oxygen atoms in total. The number of benzene rings is 2. The number of para-hydroxylation sites is 1. The first-order chi connectivity index (χ1) is 12.5. The van der Waals surface area contributed by atoms with Gasteiger partial charge in [0.25, 0.3) is 0 Å². The Morgan fingerprint density at radius 2 is 1.81 bits per heavy atom. The minimum Gasteiger partial charge on any atom is -0.497 e. The van der Waals surface area contributed by atoms with Crippen LogP contribution in [0.25, 0.3) is 5.69 Å². The third-order valence-electron chi connectivity index (χ3n) is 3.77. The van der Waals surface area contributed by atoms with Crippen LogP contribution in [0.15, 0.2) is 65.7 Å². The van der Waals surface area contributed by atoms with Gasteiger partial charge >= 0.3 is 0 Å². The van der Waals surface area contributed by atoms with E-state index >= 15 is 0 Å². The molecule has 0 atom stereocenters. The Kier molecular flexibility index (Phi) is 5.24. The molecule has 0 fully saturated rings. The van der Waals surface area contributed by atoms with Crippen LogP contribution in [0.4, 0.5) is 0 Å².